The van der Waals surface area contributed by atoms with Crippen molar-refractivity contribution in [3.63, 3.8) is 0 Å². The minimum Gasteiger partial charge on any atom is -0.370 e. The molecule has 0 radical (unpaired) electrons. The zero-order chi connectivity index (χ0) is 19.7. The molecule has 1 aromatic carbocycles. The van der Waals surface area contributed by atoms with Crippen molar-refractivity contribution in [1.29, 1.82) is 0 Å². The van der Waals surface area contributed by atoms with Gasteiger partial charge in [-0.25, -0.2) is 0 Å². The molecule has 1 fully saturated rings. The molecule has 6 nitrogen and oxygen atoms in total. The number of carbonyl (C=O) groups is 1. The Bertz CT molecular complexity index is 957. The topological polar surface area (TPSA) is 70.4 Å². The molecule has 0 spiro atoms. The van der Waals surface area contributed by atoms with Gasteiger partial charge in [0.05, 0.1) is 16.1 Å². The summed E-state index contributed by atoms with van der Waals surface area (Å²) in [6.07, 6.45) is 1.15. The van der Waals surface area contributed by atoms with E-state index in [1.807, 2.05) is 45.2 Å². The maximum atomic E-state index is 12.6. The van der Waals surface area contributed by atoms with Gasteiger partial charge in [0.2, 0.25) is 0 Å². The molecule has 1 amide bonds. The molecule has 2 N–H and O–H groups in total. The first-order chi connectivity index (χ1) is 13.5. The summed E-state index contributed by atoms with van der Waals surface area (Å²) in [6.45, 7) is 5.86. The van der Waals surface area contributed by atoms with Crippen LogP contribution in [0.2, 0.25) is 0 Å². The van der Waals surface area contributed by atoms with Crippen molar-refractivity contribution >= 4 is 28.6 Å². The lowest BCUT2D eigenvalue weighted by Gasteiger charge is -2.19. The Kier molecular flexibility index (Phi) is 5.19. The molecule has 1 aliphatic rings. The maximum absolute atomic E-state index is 12.6. The van der Waals surface area contributed by atoms with Crippen molar-refractivity contribution in [2.24, 2.45) is 0 Å². The lowest BCUT2D eigenvalue weighted by Crippen LogP contribution is -2.29. The fourth-order valence-corrected chi connectivity index (χ4v) is 4.65. The molecule has 146 valence electrons. The number of aryl methyl sites for hydroxylation is 2. The molecule has 0 bridgehead atoms. The highest BCUT2D eigenvalue weighted by molar-refractivity contribution is 7.17. The number of carbonyl (C=O) groups excluding carboxylic acids is 1. The molecular formula is C21H24N4O2S. The Labute approximate surface area is 168 Å². The first-order valence-electron chi connectivity index (χ1n) is 9.42. The maximum Gasteiger partial charge on any atom is 0.265 e. The molecule has 1 saturated heterocycles. The van der Waals surface area contributed by atoms with E-state index in [1.54, 1.807) is 0 Å². The summed E-state index contributed by atoms with van der Waals surface area (Å²) in [5.41, 5.74) is 3.79. The first-order valence-corrected chi connectivity index (χ1v) is 10.2. The van der Waals surface area contributed by atoms with Crippen LogP contribution >= 0.6 is 11.3 Å². The van der Waals surface area contributed by atoms with Crippen molar-refractivity contribution < 1.29 is 9.32 Å². The quantitative estimate of drug-likeness (QED) is 0.680. The van der Waals surface area contributed by atoms with Crippen LogP contribution in [0.5, 0.6) is 0 Å². The van der Waals surface area contributed by atoms with E-state index < -0.39 is 0 Å². The monoisotopic (exact) mass is 396 g/mol. The van der Waals surface area contributed by atoms with Gasteiger partial charge in [0.25, 0.3) is 5.91 Å². The summed E-state index contributed by atoms with van der Waals surface area (Å²) < 4.78 is 5.23. The molecule has 2 aromatic heterocycles. The van der Waals surface area contributed by atoms with E-state index >= 15 is 0 Å². The second kappa shape index (κ2) is 7.77. The fraction of sp³-hybridized carbons (Fsp3) is 0.333. The second-order valence-electron chi connectivity index (χ2n) is 7.08. The predicted molar refractivity (Wildman–Crippen MR) is 113 cm³/mol. The number of anilines is 2. The van der Waals surface area contributed by atoms with Gasteiger partial charge < -0.3 is 20.1 Å². The van der Waals surface area contributed by atoms with Crippen LogP contribution in [0, 0.1) is 13.8 Å². The average molecular weight is 397 g/mol. The lowest BCUT2D eigenvalue weighted by molar-refractivity contribution is 0.103. The molecule has 1 aliphatic heterocycles. The highest BCUT2D eigenvalue weighted by atomic mass is 32.1. The molecular weight excluding hydrogens is 372 g/mol. The number of aromatic nitrogens is 1. The Morgan fingerprint density at radius 2 is 2.00 bits per heavy atom. The zero-order valence-electron chi connectivity index (χ0n) is 16.3. The van der Waals surface area contributed by atoms with Gasteiger partial charge in [0.1, 0.15) is 5.76 Å². The number of nitrogens with zero attached hydrogens (tertiary/aromatic N) is 2. The van der Waals surface area contributed by atoms with E-state index in [2.05, 4.69) is 32.8 Å². The van der Waals surface area contributed by atoms with Crippen LogP contribution in [0.25, 0.3) is 10.4 Å². The summed E-state index contributed by atoms with van der Waals surface area (Å²) >= 11 is 1.45. The summed E-state index contributed by atoms with van der Waals surface area (Å²) in [4.78, 5) is 16.6. The number of nitrogens with one attached hydrogen (secondary N) is 2. The normalized spacial score (nSPS) is 16.5. The number of amides is 1. The number of rotatable bonds is 5. The average Bonchev–Trinajstić information content (AvgIpc) is 3.42. The molecule has 0 aliphatic carbocycles. The highest BCUT2D eigenvalue weighted by Gasteiger charge is 2.21. The van der Waals surface area contributed by atoms with E-state index in [-0.39, 0.29) is 5.91 Å². The predicted octanol–water partition coefficient (Wildman–Crippen LogP) is 4.07. The summed E-state index contributed by atoms with van der Waals surface area (Å²) in [7, 11) is 2.01. The van der Waals surface area contributed by atoms with Crippen LogP contribution in [0.1, 0.15) is 27.5 Å². The molecule has 28 heavy (non-hydrogen) atoms. The summed E-state index contributed by atoms with van der Waals surface area (Å²) in [5.74, 6) is 0.663. The fourth-order valence-electron chi connectivity index (χ4n) is 3.61. The number of likely N-dealkylation sites (N-methyl/N-ethyl adjacent to an activating group) is 1. The van der Waals surface area contributed by atoms with Gasteiger partial charge in [-0.1, -0.05) is 5.16 Å². The highest BCUT2D eigenvalue weighted by Crippen LogP contribution is 2.33. The third-order valence-corrected chi connectivity index (χ3v) is 6.30. The Morgan fingerprint density at radius 3 is 2.64 bits per heavy atom. The van der Waals surface area contributed by atoms with Crippen LogP contribution in [-0.4, -0.2) is 37.2 Å². The van der Waals surface area contributed by atoms with Crippen molar-refractivity contribution in [3.05, 3.63) is 52.7 Å². The van der Waals surface area contributed by atoms with Gasteiger partial charge >= 0.3 is 0 Å². The van der Waals surface area contributed by atoms with Gasteiger partial charge in [-0.05, 0) is 63.7 Å². The van der Waals surface area contributed by atoms with E-state index in [0.717, 1.165) is 47.1 Å². The molecule has 1 atom stereocenters. The summed E-state index contributed by atoms with van der Waals surface area (Å²) in [6, 6.07) is 12.4. The van der Waals surface area contributed by atoms with Gasteiger partial charge in [0.15, 0.2) is 0 Å². The van der Waals surface area contributed by atoms with Crippen LogP contribution < -0.4 is 15.5 Å². The molecule has 0 saturated carbocycles. The van der Waals surface area contributed by atoms with E-state index in [1.165, 1.54) is 17.0 Å². The van der Waals surface area contributed by atoms with Crippen molar-refractivity contribution in [1.82, 2.24) is 10.5 Å². The standard InChI is InChI=1S/C21H24N4O2S/c1-13-20(14(2)27-24-13)18-8-9-19(28-18)21(26)23-15-4-6-17(7-5-15)25-11-10-16(12-25)22-3/h4-9,16,22H,10-12H2,1-3H3,(H,23,26). The number of benzene rings is 1. The Morgan fingerprint density at radius 1 is 1.21 bits per heavy atom. The molecule has 3 aromatic rings. The van der Waals surface area contributed by atoms with Gasteiger partial charge in [0, 0.05) is 35.4 Å². The summed E-state index contributed by atoms with van der Waals surface area (Å²) in [5, 5.41) is 10.3. The van der Waals surface area contributed by atoms with E-state index in [0.29, 0.717) is 10.9 Å². The number of thiophene rings is 1. The van der Waals surface area contributed by atoms with Gasteiger partial charge in [-0.15, -0.1) is 11.3 Å². The van der Waals surface area contributed by atoms with Crippen LogP contribution in [0.3, 0.4) is 0 Å². The Hall–Kier alpha value is -2.64. The third kappa shape index (κ3) is 3.68. The van der Waals surface area contributed by atoms with E-state index in [9.17, 15) is 4.79 Å². The number of hydrogen-bond acceptors (Lipinski definition) is 6. The second-order valence-corrected chi connectivity index (χ2v) is 8.17. The Balaban J connectivity index is 1.43. The van der Waals surface area contributed by atoms with Crippen molar-refractivity contribution in [2.75, 3.05) is 30.4 Å². The SMILES string of the molecule is CNC1CCN(c2ccc(NC(=O)c3ccc(-c4c(C)noc4C)s3)cc2)C1. The van der Waals surface area contributed by atoms with Crippen LogP contribution in [0.15, 0.2) is 40.9 Å². The van der Waals surface area contributed by atoms with Gasteiger partial charge in [-0.2, -0.15) is 0 Å². The largest absolute Gasteiger partial charge is 0.370 e. The minimum absolute atomic E-state index is 0.104. The van der Waals surface area contributed by atoms with Crippen molar-refractivity contribution in [2.45, 2.75) is 26.3 Å². The third-order valence-electron chi connectivity index (χ3n) is 5.20. The van der Waals surface area contributed by atoms with Gasteiger partial charge in [-0.3, -0.25) is 4.79 Å². The van der Waals surface area contributed by atoms with E-state index in [4.69, 9.17) is 4.52 Å². The van der Waals surface area contributed by atoms with Crippen LogP contribution in [0.4, 0.5) is 11.4 Å². The van der Waals surface area contributed by atoms with Crippen molar-refractivity contribution in [3.8, 4) is 10.4 Å². The van der Waals surface area contributed by atoms with Crippen LogP contribution in [-0.2, 0) is 0 Å². The molecule has 3 heterocycles. The number of hydrogen-bond donors (Lipinski definition) is 2. The molecule has 7 heteroatoms. The smallest absolute Gasteiger partial charge is 0.265 e. The minimum atomic E-state index is -0.104. The molecule has 1 unspecified atom stereocenters. The first kappa shape index (κ1) is 18.7. The lowest BCUT2D eigenvalue weighted by atomic mass is 10.2. The molecule has 4 rings (SSSR count). The zero-order valence-corrected chi connectivity index (χ0v) is 17.1.